The zero-order valence-electron chi connectivity index (χ0n) is 18.1. The maximum atomic E-state index is 12.1. The van der Waals surface area contributed by atoms with Gasteiger partial charge in [0.05, 0.1) is 16.7 Å². The number of aliphatic hydroxyl groups is 1. The molecule has 10 nitrogen and oxygen atoms in total. The van der Waals surface area contributed by atoms with E-state index in [-0.39, 0.29) is 40.7 Å². The highest BCUT2D eigenvalue weighted by Gasteiger charge is 2.29. The number of aliphatic hydroxyl groups excluding tert-OH is 1. The van der Waals surface area contributed by atoms with Crippen LogP contribution in [0.3, 0.4) is 0 Å². The number of hydroxylamine groups is 1. The van der Waals surface area contributed by atoms with Crippen molar-refractivity contribution in [2.24, 2.45) is 0 Å². The molecule has 2 aromatic carbocycles. The summed E-state index contributed by atoms with van der Waals surface area (Å²) in [5, 5.41) is 20.8. The minimum absolute atomic E-state index is 0.00960. The number of fused-ring (bicyclic) bond motifs is 1. The summed E-state index contributed by atoms with van der Waals surface area (Å²) in [6.45, 7) is -1.17. The van der Waals surface area contributed by atoms with Gasteiger partial charge in [0.2, 0.25) is 0 Å². The van der Waals surface area contributed by atoms with Gasteiger partial charge in [-0.3, -0.25) is 0 Å². The van der Waals surface area contributed by atoms with Crippen molar-refractivity contribution in [3.63, 3.8) is 0 Å². The molecule has 0 unspecified atom stereocenters. The van der Waals surface area contributed by atoms with Crippen LogP contribution >= 0.6 is 0 Å². The summed E-state index contributed by atoms with van der Waals surface area (Å²) in [6, 6.07) is 10.8. The zero-order chi connectivity index (χ0) is 24.5. The topological polar surface area (TPSA) is 142 Å². The second-order valence-corrected chi connectivity index (χ2v) is 7.19. The normalized spacial score (nSPS) is 12.4. The third-order valence-corrected chi connectivity index (χ3v) is 4.88. The largest absolute Gasteiger partial charge is 0.757 e. The number of ether oxygens (including phenoxy) is 3. The molecule has 3 rings (SSSR count). The average Bonchev–Trinajstić information content (AvgIpc) is 3.13. The maximum Gasteiger partial charge on any atom is 0.346 e. The second kappa shape index (κ2) is 11.7. The molecule has 0 spiro atoms. The summed E-state index contributed by atoms with van der Waals surface area (Å²) in [7, 11) is 0. The highest BCUT2D eigenvalue weighted by molar-refractivity contribution is 6.14. The number of allylic oxidation sites excluding steroid dienone is 1. The Hall–Kier alpha value is -4.02. The van der Waals surface area contributed by atoms with E-state index in [0.717, 1.165) is 5.56 Å². The molecule has 0 amide bonds. The van der Waals surface area contributed by atoms with Gasteiger partial charge in [-0.2, -0.15) is 0 Å². The Morgan fingerprint density at radius 3 is 2.56 bits per heavy atom. The van der Waals surface area contributed by atoms with Crippen molar-refractivity contribution >= 4 is 29.6 Å². The van der Waals surface area contributed by atoms with Crippen LogP contribution in [0.25, 0.3) is 0 Å². The van der Waals surface area contributed by atoms with E-state index >= 15 is 0 Å². The van der Waals surface area contributed by atoms with Crippen LogP contribution in [0, 0.1) is 5.21 Å². The van der Waals surface area contributed by atoms with E-state index < -0.39 is 30.6 Å². The number of nitrogens with zero attached hydrogens (tertiary/aromatic N) is 1. The predicted octanol–water partition coefficient (Wildman–Crippen LogP) is 2.53. The van der Waals surface area contributed by atoms with E-state index in [4.69, 9.17) is 14.6 Å². The lowest BCUT2D eigenvalue weighted by molar-refractivity contribution is -0.138. The fourth-order valence-corrected chi connectivity index (χ4v) is 3.23. The lowest BCUT2D eigenvalue weighted by atomic mass is 10.0. The van der Waals surface area contributed by atoms with Gasteiger partial charge in [0.15, 0.2) is 0 Å². The second-order valence-electron chi connectivity index (χ2n) is 7.19. The first kappa shape index (κ1) is 24.6. The molecular formula is C24H22NO9-. The number of anilines is 1. The lowest BCUT2D eigenvalue weighted by Crippen LogP contribution is -2.20. The number of para-hydroxylation sites is 1. The molecule has 0 aromatic heterocycles. The first-order valence-electron chi connectivity index (χ1n) is 10.4. The molecule has 178 valence electrons. The van der Waals surface area contributed by atoms with Gasteiger partial charge in [0.25, 0.3) is 0 Å². The molecule has 0 fully saturated rings. The van der Waals surface area contributed by atoms with E-state index in [1.807, 2.05) is 0 Å². The van der Waals surface area contributed by atoms with Crippen LogP contribution in [0.5, 0.6) is 0 Å². The smallest absolute Gasteiger partial charge is 0.346 e. The van der Waals surface area contributed by atoms with Gasteiger partial charge in [-0.15, -0.1) is 0 Å². The highest BCUT2D eigenvalue weighted by atomic mass is 16.6. The monoisotopic (exact) mass is 468 g/mol. The number of rotatable bonds is 11. The van der Waals surface area contributed by atoms with Crippen LogP contribution < -0.4 is 5.06 Å². The first-order valence-corrected chi connectivity index (χ1v) is 10.4. The van der Waals surface area contributed by atoms with E-state index in [1.165, 1.54) is 18.2 Å². The summed E-state index contributed by atoms with van der Waals surface area (Å²) in [5.74, 6) is -2.65. The average molecular weight is 468 g/mol. The molecule has 1 aliphatic heterocycles. The third kappa shape index (κ3) is 6.27. The van der Waals surface area contributed by atoms with Crippen LogP contribution in [0.2, 0.25) is 0 Å². The van der Waals surface area contributed by atoms with Gasteiger partial charge >= 0.3 is 23.9 Å². The molecule has 2 aromatic rings. The number of hydrogen-bond donors (Lipinski definition) is 1. The van der Waals surface area contributed by atoms with Gasteiger partial charge in [0.1, 0.15) is 19.9 Å². The van der Waals surface area contributed by atoms with Crippen molar-refractivity contribution in [1.82, 2.24) is 0 Å². The Morgan fingerprint density at radius 2 is 1.76 bits per heavy atom. The SMILES string of the molecule is O=C(/C=C/CCCc1ccc2c(c1)C(=O)OC2=O)OCCOC(=O)c1ccccc1N([O-])CO. The Labute approximate surface area is 194 Å². The molecule has 1 heterocycles. The fraction of sp³-hybridized carbons (Fsp3) is 0.250. The molecule has 0 atom stereocenters. The molecule has 1 N–H and O–H groups in total. The van der Waals surface area contributed by atoms with Gasteiger partial charge in [-0.1, -0.05) is 24.3 Å². The van der Waals surface area contributed by atoms with Crippen LogP contribution in [-0.2, 0) is 25.4 Å². The van der Waals surface area contributed by atoms with E-state index in [0.29, 0.717) is 19.3 Å². The van der Waals surface area contributed by atoms with Crippen molar-refractivity contribution in [1.29, 1.82) is 0 Å². The molecular weight excluding hydrogens is 446 g/mol. The van der Waals surface area contributed by atoms with Crippen molar-refractivity contribution in [3.05, 3.63) is 82.1 Å². The zero-order valence-corrected chi connectivity index (χ0v) is 18.1. The third-order valence-electron chi connectivity index (χ3n) is 4.88. The maximum absolute atomic E-state index is 12.1. The van der Waals surface area contributed by atoms with Crippen LogP contribution in [0.4, 0.5) is 5.69 Å². The van der Waals surface area contributed by atoms with Crippen molar-refractivity contribution in [3.8, 4) is 0 Å². The Kier molecular flexibility index (Phi) is 8.49. The van der Waals surface area contributed by atoms with Gasteiger partial charge < -0.3 is 29.6 Å². The molecule has 0 saturated heterocycles. The quantitative estimate of drug-likeness (QED) is 0.0994. The summed E-state index contributed by atoms with van der Waals surface area (Å²) in [6.07, 6.45) is 4.84. The number of carbonyl (C=O) groups is 4. The van der Waals surface area contributed by atoms with Crippen LogP contribution in [0.1, 0.15) is 49.5 Å². The fourth-order valence-electron chi connectivity index (χ4n) is 3.23. The van der Waals surface area contributed by atoms with Crippen LogP contribution in [0.15, 0.2) is 54.6 Å². The summed E-state index contributed by atoms with van der Waals surface area (Å²) >= 11 is 0. The van der Waals surface area contributed by atoms with Crippen molar-refractivity contribution in [2.75, 3.05) is 25.0 Å². The van der Waals surface area contributed by atoms with Crippen LogP contribution in [-0.4, -0.2) is 48.9 Å². The summed E-state index contributed by atoms with van der Waals surface area (Å²) in [5.41, 5.74) is 1.38. The molecule has 0 saturated carbocycles. The van der Waals surface area contributed by atoms with Crippen molar-refractivity contribution in [2.45, 2.75) is 19.3 Å². The van der Waals surface area contributed by atoms with Gasteiger partial charge in [-0.05, 0) is 49.1 Å². The molecule has 10 heteroatoms. The summed E-state index contributed by atoms with van der Waals surface area (Å²) < 4.78 is 14.5. The summed E-state index contributed by atoms with van der Waals surface area (Å²) in [4.78, 5) is 46.9. The van der Waals surface area contributed by atoms with E-state index in [9.17, 15) is 24.4 Å². The minimum Gasteiger partial charge on any atom is -0.757 e. The standard InChI is InChI=1S/C24H22NO9/c26-15-25(31)20-8-5-4-7-18(20)22(28)33-13-12-32-21(27)9-3-1-2-6-16-10-11-17-19(14-16)24(30)34-23(17)29/h3-5,7-11,14,26H,1-2,6,12-13,15H2/q-1/b9-3+. The predicted molar refractivity (Wildman–Crippen MR) is 119 cm³/mol. The number of hydrogen-bond acceptors (Lipinski definition) is 10. The highest BCUT2D eigenvalue weighted by Crippen LogP contribution is 2.22. The number of esters is 4. The van der Waals surface area contributed by atoms with Gasteiger partial charge in [0, 0.05) is 11.8 Å². The molecule has 0 aliphatic carbocycles. The Morgan fingerprint density at radius 1 is 1.03 bits per heavy atom. The molecule has 0 bridgehead atoms. The van der Waals surface area contributed by atoms with Gasteiger partial charge in [-0.25, -0.2) is 19.2 Å². The number of cyclic esters (lactones) is 2. The first-order chi connectivity index (χ1) is 16.4. The lowest BCUT2D eigenvalue weighted by Gasteiger charge is -2.29. The number of carbonyl (C=O) groups excluding carboxylic acids is 4. The number of aryl methyl sites for hydroxylation is 1. The molecule has 1 aliphatic rings. The van der Waals surface area contributed by atoms with E-state index in [1.54, 1.807) is 36.4 Å². The minimum atomic E-state index is -0.808. The van der Waals surface area contributed by atoms with Crippen molar-refractivity contribution < 1.29 is 38.5 Å². The Balaban J connectivity index is 1.34. The number of benzene rings is 2. The Bertz CT molecular complexity index is 1110. The molecule has 34 heavy (non-hydrogen) atoms. The number of unbranched alkanes of at least 4 members (excludes halogenated alkanes) is 1. The molecule has 0 radical (unpaired) electrons. The van der Waals surface area contributed by atoms with E-state index in [2.05, 4.69) is 4.74 Å².